The molecule has 9 heteroatoms. The van der Waals surface area contributed by atoms with E-state index in [1.54, 1.807) is 0 Å². The van der Waals surface area contributed by atoms with Crippen LogP contribution in [-0.2, 0) is 17.2 Å². The molecule has 184 valence electrons. The third-order valence-corrected chi connectivity index (χ3v) is 6.03. The van der Waals surface area contributed by atoms with Crippen LogP contribution in [0.5, 0.6) is 11.5 Å². The summed E-state index contributed by atoms with van der Waals surface area (Å²) < 4.78 is 67.3. The first-order valence-corrected chi connectivity index (χ1v) is 12.1. The molecule has 5 nitrogen and oxygen atoms in total. The lowest BCUT2D eigenvalue weighted by molar-refractivity contribution is -0.617. The van der Waals surface area contributed by atoms with E-state index in [0.29, 0.717) is 0 Å². The van der Waals surface area contributed by atoms with Gasteiger partial charge in [0, 0.05) is 17.7 Å². The Morgan fingerprint density at radius 1 is 0.722 bits per heavy atom. The highest BCUT2D eigenvalue weighted by Gasteiger charge is 2.36. The summed E-state index contributed by atoms with van der Waals surface area (Å²) in [4.78, 5) is 0. The van der Waals surface area contributed by atoms with Gasteiger partial charge in [0.05, 0.1) is 10.8 Å². The van der Waals surface area contributed by atoms with Crippen molar-refractivity contribution in [2.75, 3.05) is 0 Å². The summed E-state index contributed by atoms with van der Waals surface area (Å²) in [7, 11) is -3.97. The molecule has 0 saturated heterocycles. The van der Waals surface area contributed by atoms with Crippen LogP contribution in [0.3, 0.4) is 0 Å². The van der Waals surface area contributed by atoms with E-state index in [-0.39, 0.29) is 0 Å². The smallest absolute Gasteiger partial charge is 0.485 e. The predicted octanol–water partition coefficient (Wildman–Crippen LogP) is 6.33. The Kier molecular flexibility index (Phi) is 6.96. The van der Waals surface area contributed by atoms with Crippen LogP contribution in [0, 0.1) is 0 Å². The molecule has 0 saturated carbocycles. The highest BCUT2D eigenvalue weighted by atomic mass is 32.2. The number of para-hydroxylation sites is 2. The van der Waals surface area contributed by atoms with E-state index in [1.165, 1.54) is 32.9 Å². The van der Waals surface area contributed by atoms with Crippen molar-refractivity contribution in [1.29, 1.82) is 0 Å². The van der Waals surface area contributed by atoms with Crippen LogP contribution in [-0.4, -0.2) is 18.5 Å². The van der Waals surface area contributed by atoms with Gasteiger partial charge in [-0.05, 0) is 35.9 Å². The van der Waals surface area contributed by atoms with E-state index in [4.69, 9.17) is 17.7 Å². The summed E-state index contributed by atoms with van der Waals surface area (Å²) in [5.41, 5.74) is -0.806. The number of hydrogen-bond acceptors (Lipinski definition) is 4. The first-order chi connectivity index (χ1) is 17.1. The molecule has 1 heterocycles. The van der Waals surface area contributed by atoms with Crippen molar-refractivity contribution in [3.8, 4) is 22.6 Å². The first kappa shape index (κ1) is 25.2. The second-order valence-electron chi connectivity index (χ2n) is 7.81. The lowest BCUT2D eigenvalue weighted by Crippen LogP contribution is -2.30. The van der Waals surface area contributed by atoms with Crippen molar-refractivity contribution < 1.29 is 35.4 Å². The lowest BCUT2D eigenvalue weighted by atomic mass is 9.95. The van der Waals surface area contributed by atoms with Crippen LogP contribution in [0.2, 0.25) is 0 Å². The summed E-state index contributed by atoms with van der Waals surface area (Å²) >= 11 is 0. The maximum atomic E-state index is 10.7. The average Bonchev–Trinajstić information content (AvgIpc) is 2.85. The second kappa shape index (κ2) is 9.96. The highest BCUT2D eigenvalue weighted by molar-refractivity contribution is 7.86. The number of fused-ring (bicyclic) bond motifs is 2. The molecule has 4 aromatic carbocycles. The van der Waals surface area contributed by atoms with Gasteiger partial charge in [0.15, 0.2) is 10.1 Å². The average molecular weight is 512 g/mol. The molecule has 0 spiro atoms. The molecular weight excluding hydrogens is 491 g/mol. The Hall–Kier alpha value is -3.95. The molecule has 0 radical (unpaired) electrons. The fourth-order valence-electron chi connectivity index (χ4n) is 3.86. The second-order valence-corrected chi connectivity index (χ2v) is 9.18. The van der Waals surface area contributed by atoms with Gasteiger partial charge in [0.1, 0.15) is 18.5 Å². The van der Waals surface area contributed by atoms with Gasteiger partial charge in [-0.15, -0.1) is 0 Å². The van der Waals surface area contributed by atoms with Gasteiger partial charge >= 0.3 is 5.51 Å². The Morgan fingerprint density at radius 3 is 1.86 bits per heavy atom. The Labute approximate surface area is 205 Å². The predicted molar refractivity (Wildman–Crippen MR) is 130 cm³/mol. The van der Waals surface area contributed by atoms with Gasteiger partial charge in [-0.1, -0.05) is 60.7 Å². The number of nitrogens with zero attached hydrogens (tertiary/aromatic N) is 1. The number of aromatic nitrogens is 1. The summed E-state index contributed by atoms with van der Waals surface area (Å²) in [6, 6.07) is 35.4. The van der Waals surface area contributed by atoms with E-state index >= 15 is 0 Å². The van der Waals surface area contributed by atoms with Crippen LogP contribution < -0.4 is 9.30 Å². The van der Waals surface area contributed by atoms with E-state index in [2.05, 4.69) is 78.3 Å². The lowest BCUT2D eigenvalue weighted by Gasteiger charge is -2.12. The van der Waals surface area contributed by atoms with E-state index in [1.807, 2.05) is 36.4 Å². The van der Waals surface area contributed by atoms with Crippen molar-refractivity contribution in [2.45, 2.75) is 5.51 Å². The van der Waals surface area contributed by atoms with Crippen molar-refractivity contribution in [2.24, 2.45) is 7.05 Å². The monoisotopic (exact) mass is 511 g/mol. The third kappa shape index (κ3) is 5.32. The normalized spacial score (nSPS) is 11.7. The Bertz CT molecular complexity index is 1620. The Balaban J connectivity index is 0.000000331. The van der Waals surface area contributed by atoms with Crippen LogP contribution in [0.1, 0.15) is 0 Å². The van der Waals surface area contributed by atoms with Gasteiger partial charge in [0.25, 0.3) is 0 Å². The molecule has 0 amide bonds. The minimum Gasteiger partial charge on any atom is -0.741 e. The molecule has 0 aliphatic heterocycles. The molecule has 0 bridgehead atoms. The van der Waals surface area contributed by atoms with Gasteiger partial charge < -0.3 is 9.29 Å². The minimum atomic E-state index is -6.09. The molecule has 0 aliphatic carbocycles. The number of hydrogen-bond donors (Lipinski definition) is 0. The van der Waals surface area contributed by atoms with Crippen LogP contribution >= 0.6 is 0 Å². The maximum absolute atomic E-state index is 10.7. The summed E-state index contributed by atoms with van der Waals surface area (Å²) in [5.74, 6) is 1.68. The number of pyridine rings is 1. The zero-order valence-corrected chi connectivity index (χ0v) is 19.8. The molecule has 0 N–H and O–H groups in total. The summed E-state index contributed by atoms with van der Waals surface area (Å²) in [6.45, 7) is 0. The van der Waals surface area contributed by atoms with Gasteiger partial charge in [-0.3, -0.25) is 0 Å². The third-order valence-electron chi connectivity index (χ3n) is 5.46. The maximum Gasteiger partial charge on any atom is 0.485 e. The number of aryl methyl sites for hydroxylation is 1. The zero-order valence-electron chi connectivity index (χ0n) is 18.9. The van der Waals surface area contributed by atoms with E-state index < -0.39 is 15.6 Å². The molecule has 0 aliphatic rings. The topological polar surface area (TPSA) is 70.3 Å². The number of ether oxygens (including phenoxy) is 1. The van der Waals surface area contributed by atoms with Gasteiger partial charge in [-0.25, -0.2) is 8.42 Å². The molecule has 5 rings (SSSR count). The van der Waals surface area contributed by atoms with Crippen molar-refractivity contribution in [3.05, 3.63) is 103 Å². The molecule has 5 aromatic rings. The van der Waals surface area contributed by atoms with Gasteiger partial charge in [0.2, 0.25) is 11.0 Å². The molecule has 0 atom stereocenters. The van der Waals surface area contributed by atoms with Crippen molar-refractivity contribution in [1.82, 2.24) is 0 Å². The largest absolute Gasteiger partial charge is 0.741 e. The minimum absolute atomic E-state index is 0.839. The summed E-state index contributed by atoms with van der Waals surface area (Å²) in [5, 5.41) is 2.42. The number of rotatable bonds is 3. The van der Waals surface area contributed by atoms with E-state index in [0.717, 1.165) is 11.5 Å². The number of alkyl halides is 3. The van der Waals surface area contributed by atoms with E-state index in [9.17, 15) is 13.2 Å². The summed E-state index contributed by atoms with van der Waals surface area (Å²) in [6.07, 6.45) is 0. The van der Waals surface area contributed by atoms with Crippen molar-refractivity contribution >= 4 is 31.9 Å². The number of halogens is 3. The highest BCUT2D eigenvalue weighted by Crippen LogP contribution is 2.36. The number of benzene rings is 4. The molecular formula is C27H20F3NO4S. The molecule has 0 fully saturated rings. The fraction of sp³-hybridized carbons (Fsp3) is 0.0741. The standard InChI is InChI=1S/C26H20NO.CHF3O3S/c1-27-24-15-9-8-14-22(24)26(19-10-4-2-5-11-19)23-18-21(16-17-25(23)27)28-20-12-6-3-7-13-20;2-1(3,4)8(5,6)7/h2-18H,1H3;(H,5,6,7)/q+1;/p-1. The van der Waals surface area contributed by atoms with Gasteiger partial charge in [-0.2, -0.15) is 17.7 Å². The SMILES string of the molecule is C[n+]1c2ccccc2c(-c2ccccc2)c2cc(Oc3ccccc3)ccc21.O=S(=O)([O-])C(F)(F)F. The molecule has 1 aromatic heterocycles. The van der Waals surface area contributed by atoms with Crippen LogP contribution in [0.4, 0.5) is 13.2 Å². The quantitative estimate of drug-likeness (QED) is 0.123. The van der Waals surface area contributed by atoms with Crippen molar-refractivity contribution in [3.63, 3.8) is 0 Å². The zero-order chi connectivity index (χ0) is 25.9. The van der Waals surface area contributed by atoms with Crippen LogP contribution in [0.15, 0.2) is 103 Å². The fourth-order valence-corrected chi connectivity index (χ4v) is 3.86. The Morgan fingerprint density at radius 2 is 1.25 bits per heavy atom. The molecule has 36 heavy (non-hydrogen) atoms. The molecule has 0 unspecified atom stereocenters. The first-order valence-electron chi connectivity index (χ1n) is 10.7. The van der Waals surface area contributed by atoms with Crippen LogP contribution in [0.25, 0.3) is 32.9 Å².